The van der Waals surface area contributed by atoms with E-state index in [0.717, 1.165) is 5.56 Å². The minimum atomic E-state index is -3.39. The smallest absolute Gasteiger partial charge is 0.243 e. The quantitative estimate of drug-likeness (QED) is 0.929. The molecule has 3 atom stereocenters. The Bertz CT molecular complexity index is 545. The lowest BCUT2D eigenvalue weighted by Crippen LogP contribution is -2.43. The highest BCUT2D eigenvalue weighted by Crippen LogP contribution is 2.29. The number of hydrogen-bond acceptors (Lipinski definition) is 4. The summed E-state index contributed by atoms with van der Waals surface area (Å²) in [7, 11) is -3.39. The van der Waals surface area contributed by atoms with E-state index >= 15 is 0 Å². The molecular weight excluding hydrogens is 292 g/mol. The fraction of sp³-hybridized carbons (Fsp3) is 0.571. The molecule has 3 unspecified atom stereocenters. The van der Waals surface area contributed by atoms with E-state index in [2.05, 4.69) is 13.8 Å². The van der Waals surface area contributed by atoms with E-state index in [4.69, 9.17) is 5.73 Å². The van der Waals surface area contributed by atoms with E-state index in [1.54, 1.807) is 28.6 Å². The van der Waals surface area contributed by atoms with E-state index in [1.807, 2.05) is 18.7 Å². The zero-order chi connectivity index (χ0) is 14.9. The SMILES string of the molecule is CC1CN(S(=O)(=O)c2ccc(C(C)N)cc2)CC(C)S1. The van der Waals surface area contributed by atoms with Gasteiger partial charge in [0.05, 0.1) is 4.90 Å². The standard InChI is InChI=1S/C14H22N2O2S2/c1-10-8-16(9-11(2)19-10)20(17,18)14-6-4-13(5-7-14)12(3)15/h4-7,10-12H,8-9,15H2,1-3H3. The molecule has 1 aromatic rings. The van der Waals surface area contributed by atoms with Crippen LogP contribution < -0.4 is 5.73 Å². The van der Waals surface area contributed by atoms with Crippen LogP contribution in [0.15, 0.2) is 29.2 Å². The molecule has 4 nitrogen and oxygen atoms in total. The van der Waals surface area contributed by atoms with Gasteiger partial charge in [-0.25, -0.2) is 8.42 Å². The Labute approximate surface area is 125 Å². The van der Waals surface area contributed by atoms with Crippen LogP contribution in [0.25, 0.3) is 0 Å². The molecule has 2 rings (SSSR count). The monoisotopic (exact) mass is 314 g/mol. The fourth-order valence-corrected chi connectivity index (χ4v) is 5.55. The molecule has 1 aliphatic heterocycles. The van der Waals surface area contributed by atoms with Gasteiger partial charge >= 0.3 is 0 Å². The molecule has 6 heteroatoms. The Kier molecular flexibility index (Phi) is 4.79. The Morgan fingerprint density at radius 3 is 2.15 bits per heavy atom. The molecule has 0 spiro atoms. The van der Waals surface area contributed by atoms with Gasteiger partial charge in [-0.1, -0.05) is 26.0 Å². The summed E-state index contributed by atoms with van der Waals surface area (Å²) in [6.45, 7) is 7.18. The number of hydrogen-bond donors (Lipinski definition) is 1. The average molecular weight is 314 g/mol. The lowest BCUT2D eigenvalue weighted by atomic mass is 10.1. The molecule has 0 aliphatic carbocycles. The summed E-state index contributed by atoms with van der Waals surface area (Å²) in [4.78, 5) is 0.355. The molecule has 1 aromatic carbocycles. The molecule has 0 radical (unpaired) electrons. The van der Waals surface area contributed by atoms with Gasteiger partial charge in [-0.15, -0.1) is 0 Å². The third-order valence-corrected chi connectivity index (χ3v) is 6.50. The topological polar surface area (TPSA) is 63.4 Å². The highest BCUT2D eigenvalue weighted by molar-refractivity contribution is 8.00. The van der Waals surface area contributed by atoms with Crippen LogP contribution in [0.1, 0.15) is 32.4 Å². The van der Waals surface area contributed by atoms with Gasteiger partial charge in [0.2, 0.25) is 10.0 Å². The van der Waals surface area contributed by atoms with Gasteiger partial charge in [-0.05, 0) is 24.6 Å². The highest BCUT2D eigenvalue weighted by atomic mass is 32.2. The molecule has 1 saturated heterocycles. The molecule has 20 heavy (non-hydrogen) atoms. The van der Waals surface area contributed by atoms with Crippen LogP contribution in [0.4, 0.5) is 0 Å². The van der Waals surface area contributed by atoms with Crippen molar-refractivity contribution in [1.82, 2.24) is 4.31 Å². The van der Waals surface area contributed by atoms with E-state index in [9.17, 15) is 8.42 Å². The van der Waals surface area contributed by atoms with E-state index in [1.165, 1.54) is 0 Å². The Balaban J connectivity index is 2.25. The van der Waals surface area contributed by atoms with E-state index in [-0.39, 0.29) is 6.04 Å². The van der Waals surface area contributed by atoms with Crippen LogP contribution >= 0.6 is 11.8 Å². The maximum Gasteiger partial charge on any atom is 0.243 e. The molecule has 0 amide bonds. The van der Waals surface area contributed by atoms with Crippen molar-refractivity contribution in [1.29, 1.82) is 0 Å². The predicted octanol–water partition coefficient (Wildman–Crippen LogP) is 2.22. The van der Waals surface area contributed by atoms with Crippen LogP contribution in [0, 0.1) is 0 Å². The third kappa shape index (κ3) is 3.36. The van der Waals surface area contributed by atoms with E-state index < -0.39 is 10.0 Å². The maximum absolute atomic E-state index is 12.6. The second kappa shape index (κ2) is 6.05. The minimum Gasteiger partial charge on any atom is -0.324 e. The zero-order valence-corrected chi connectivity index (χ0v) is 13.7. The first-order valence-corrected chi connectivity index (χ1v) is 9.20. The molecular formula is C14H22N2O2S2. The number of nitrogens with two attached hydrogens (primary N) is 1. The van der Waals surface area contributed by atoms with Gasteiger partial charge in [-0.3, -0.25) is 0 Å². The predicted molar refractivity (Wildman–Crippen MR) is 84.3 cm³/mol. The van der Waals surface area contributed by atoms with Gasteiger partial charge in [0, 0.05) is 29.6 Å². The van der Waals surface area contributed by atoms with Crippen molar-refractivity contribution in [3.8, 4) is 0 Å². The number of benzene rings is 1. The van der Waals surface area contributed by atoms with Gasteiger partial charge in [0.15, 0.2) is 0 Å². The molecule has 0 aromatic heterocycles. The first kappa shape index (κ1) is 15.8. The molecule has 1 heterocycles. The number of nitrogens with zero attached hydrogens (tertiary/aromatic N) is 1. The third-order valence-electron chi connectivity index (χ3n) is 3.43. The van der Waals surface area contributed by atoms with Crippen LogP contribution in [-0.2, 0) is 10.0 Å². The second-order valence-electron chi connectivity index (χ2n) is 5.44. The van der Waals surface area contributed by atoms with Crippen molar-refractivity contribution in [3.05, 3.63) is 29.8 Å². The van der Waals surface area contributed by atoms with Crippen molar-refractivity contribution in [2.24, 2.45) is 5.73 Å². The molecule has 1 aliphatic rings. The summed E-state index contributed by atoms with van der Waals surface area (Å²) in [5.41, 5.74) is 6.73. The Morgan fingerprint density at radius 2 is 1.70 bits per heavy atom. The van der Waals surface area contributed by atoms with Gasteiger partial charge in [0.1, 0.15) is 0 Å². The number of thioether (sulfide) groups is 1. The molecule has 0 saturated carbocycles. The molecule has 2 N–H and O–H groups in total. The van der Waals surface area contributed by atoms with Crippen molar-refractivity contribution in [2.45, 2.75) is 42.2 Å². The summed E-state index contributed by atoms with van der Waals surface area (Å²) in [6.07, 6.45) is 0. The lowest BCUT2D eigenvalue weighted by molar-refractivity contribution is 0.405. The summed E-state index contributed by atoms with van der Waals surface area (Å²) < 4.78 is 26.9. The largest absolute Gasteiger partial charge is 0.324 e. The summed E-state index contributed by atoms with van der Waals surface area (Å²) in [5.74, 6) is 0. The van der Waals surface area contributed by atoms with Crippen LogP contribution in [0.2, 0.25) is 0 Å². The van der Waals surface area contributed by atoms with Crippen molar-refractivity contribution in [3.63, 3.8) is 0 Å². The molecule has 0 bridgehead atoms. The first-order valence-electron chi connectivity index (χ1n) is 6.82. The van der Waals surface area contributed by atoms with Crippen LogP contribution in [0.5, 0.6) is 0 Å². The molecule has 112 valence electrons. The Hall–Kier alpha value is -0.560. The Morgan fingerprint density at radius 1 is 1.20 bits per heavy atom. The normalized spacial score (nSPS) is 26.4. The second-order valence-corrected chi connectivity index (χ2v) is 9.26. The van der Waals surface area contributed by atoms with Crippen molar-refractivity contribution in [2.75, 3.05) is 13.1 Å². The van der Waals surface area contributed by atoms with Crippen molar-refractivity contribution < 1.29 is 8.42 Å². The minimum absolute atomic E-state index is 0.0850. The van der Waals surface area contributed by atoms with Gasteiger partial charge in [-0.2, -0.15) is 16.1 Å². The number of sulfonamides is 1. The summed E-state index contributed by atoms with van der Waals surface area (Å²) in [6, 6.07) is 6.82. The van der Waals surface area contributed by atoms with Crippen molar-refractivity contribution >= 4 is 21.8 Å². The van der Waals surface area contributed by atoms with Gasteiger partial charge in [0.25, 0.3) is 0 Å². The summed E-state index contributed by atoms with van der Waals surface area (Å²) >= 11 is 1.84. The highest BCUT2D eigenvalue weighted by Gasteiger charge is 2.31. The van der Waals surface area contributed by atoms with E-state index in [0.29, 0.717) is 28.5 Å². The first-order chi connectivity index (χ1) is 9.30. The zero-order valence-electron chi connectivity index (χ0n) is 12.1. The number of rotatable bonds is 3. The van der Waals surface area contributed by atoms with Crippen LogP contribution in [-0.4, -0.2) is 36.3 Å². The average Bonchev–Trinajstić information content (AvgIpc) is 2.37. The lowest BCUT2D eigenvalue weighted by Gasteiger charge is -2.33. The van der Waals surface area contributed by atoms with Gasteiger partial charge < -0.3 is 5.73 Å². The summed E-state index contributed by atoms with van der Waals surface area (Å²) in [5, 5.41) is 0.661. The van der Waals surface area contributed by atoms with Crippen LogP contribution in [0.3, 0.4) is 0 Å². The molecule has 1 fully saturated rings. The maximum atomic E-state index is 12.6. The fourth-order valence-electron chi connectivity index (χ4n) is 2.42.